The molecule has 0 atom stereocenters. The lowest BCUT2D eigenvalue weighted by Gasteiger charge is -2.09. The van der Waals surface area contributed by atoms with Crippen LogP contribution in [0.4, 0.5) is 52.7 Å². The molecule has 0 N–H and O–H groups in total. The van der Waals surface area contributed by atoms with Crippen LogP contribution in [-0.4, -0.2) is 0 Å². The fourth-order valence-electron chi connectivity index (χ4n) is 4.56. The number of terminal acetylenes is 2. The molecule has 48 heavy (non-hydrogen) atoms. The van der Waals surface area contributed by atoms with Crippen molar-refractivity contribution in [3.8, 4) is 49.0 Å². The average molecular weight is 670 g/mol. The monoisotopic (exact) mass is 670 g/mol. The average Bonchev–Trinajstić information content (AvgIpc) is 3.78. The molecule has 0 amide bonds. The normalized spacial score (nSPS) is 13.8. The van der Waals surface area contributed by atoms with E-state index in [0.29, 0.717) is 0 Å². The summed E-state index contributed by atoms with van der Waals surface area (Å²) in [6.45, 7) is 0. The molecule has 3 aromatic rings. The Balaban J connectivity index is 2.38. The van der Waals surface area contributed by atoms with Crippen LogP contribution in [0.25, 0.3) is 16.7 Å². The molecule has 1 aliphatic rings. The van der Waals surface area contributed by atoms with Crippen LogP contribution in [0, 0.1) is 140 Å². The van der Waals surface area contributed by atoms with Crippen molar-refractivity contribution in [1.29, 1.82) is 21.0 Å². The lowest BCUT2D eigenvalue weighted by atomic mass is 9.98. The zero-order valence-corrected chi connectivity index (χ0v) is 22.5. The summed E-state index contributed by atoms with van der Waals surface area (Å²) in [4.78, 5) is 0. The molecule has 0 aliphatic heterocycles. The van der Waals surface area contributed by atoms with Crippen molar-refractivity contribution in [3.05, 3.63) is 120 Å². The van der Waals surface area contributed by atoms with E-state index >= 15 is 26.3 Å². The van der Waals surface area contributed by atoms with Crippen molar-refractivity contribution < 1.29 is 52.7 Å². The van der Waals surface area contributed by atoms with Crippen LogP contribution in [0.3, 0.4) is 0 Å². The fourth-order valence-corrected chi connectivity index (χ4v) is 4.56. The number of nitriles is 4. The number of allylic oxidation sites excluding steroid dienone is 6. The predicted octanol–water partition coefficient (Wildman–Crippen LogP) is 7.44. The summed E-state index contributed by atoms with van der Waals surface area (Å²) >= 11 is 0. The highest BCUT2D eigenvalue weighted by molar-refractivity contribution is 6.12. The molecule has 0 aromatic heterocycles. The maximum absolute atomic E-state index is 15.1. The molecule has 0 saturated heterocycles. The molecule has 0 unspecified atom stereocenters. The van der Waals surface area contributed by atoms with E-state index in [0.717, 1.165) is 24.3 Å². The lowest BCUT2D eigenvalue weighted by molar-refractivity contribution is 0.447. The van der Waals surface area contributed by atoms with E-state index in [1.54, 1.807) is 0 Å². The van der Waals surface area contributed by atoms with Crippen molar-refractivity contribution in [2.45, 2.75) is 0 Å². The van der Waals surface area contributed by atoms with Gasteiger partial charge in [0.15, 0.2) is 69.8 Å². The summed E-state index contributed by atoms with van der Waals surface area (Å²) in [5.41, 5.74) is -19.7. The van der Waals surface area contributed by atoms with E-state index in [9.17, 15) is 31.6 Å². The number of nitrogens with zero attached hydrogens (tertiary/aromatic N) is 4. The van der Waals surface area contributed by atoms with Crippen LogP contribution >= 0.6 is 0 Å². The minimum atomic E-state index is -2.47. The second-order valence-corrected chi connectivity index (χ2v) is 9.00. The zero-order valence-electron chi connectivity index (χ0n) is 22.5. The van der Waals surface area contributed by atoms with Gasteiger partial charge in [-0.15, -0.1) is 12.8 Å². The largest absolute Gasteiger partial charge is 0.203 e. The van der Waals surface area contributed by atoms with E-state index in [2.05, 4.69) is 0 Å². The van der Waals surface area contributed by atoms with Crippen LogP contribution in [0.5, 0.6) is 0 Å². The first kappa shape index (κ1) is 34.0. The van der Waals surface area contributed by atoms with E-state index < -0.39 is 137 Å². The lowest BCUT2D eigenvalue weighted by Crippen LogP contribution is -2.06. The third-order valence-corrected chi connectivity index (χ3v) is 6.71. The maximum Gasteiger partial charge on any atom is 0.180 e. The van der Waals surface area contributed by atoms with Gasteiger partial charge >= 0.3 is 0 Å². The summed E-state index contributed by atoms with van der Waals surface area (Å²) < 4.78 is 178. The highest BCUT2D eigenvalue weighted by Crippen LogP contribution is 2.57. The van der Waals surface area contributed by atoms with Crippen molar-refractivity contribution in [2.24, 2.45) is 0 Å². The molecular weight excluding hydrogens is 668 g/mol. The molecule has 4 rings (SSSR count). The molecule has 0 heterocycles. The molecule has 16 heteroatoms. The van der Waals surface area contributed by atoms with E-state index in [1.165, 1.54) is 11.8 Å². The van der Waals surface area contributed by atoms with E-state index in [4.69, 9.17) is 28.6 Å². The fraction of sp³-hybridized carbons (Fsp3) is 0. The highest BCUT2D eigenvalue weighted by Gasteiger charge is 2.45. The molecule has 234 valence electrons. The third-order valence-electron chi connectivity index (χ3n) is 6.71. The van der Waals surface area contributed by atoms with Gasteiger partial charge in [-0.05, 0) is 0 Å². The summed E-state index contributed by atoms with van der Waals surface area (Å²) in [6, 6.07) is 3.46. The Morgan fingerprint density at radius 1 is 0.354 bits per heavy atom. The van der Waals surface area contributed by atoms with Gasteiger partial charge in [-0.3, -0.25) is 0 Å². The van der Waals surface area contributed by atoms with Gasteiger partial charge in [0, 0.05) is 27.9 Å². The molecule has 4 nitrogen and oxygen atoms in total. The van der Waals surface area contributed by atoms with Gasteiger partial charge in [0.2, 0.25) is 0 Å². The Labute approximate surface area is 259 Å². The molecule has 0 spiro atoms. The first-order valence-corrected chi connectivity index (χ1v) is 12.0. The number of halogens is 12. The number of hydrogen-bond donors (Lipinski definition) is 0. The highest BCUT2D eigenvalue weighted by atomic mass is 19.2. The first-order valence-electron chi connectivity index (χ1n) is 12.0. The Kier molecular flexibility index (Phi) is 8.60. The molecular formula is C32H2F12N4. The summed E-state index contributed by atoms with van der Waals surface area (Å²) in [5, 5.41) is 36.5. The molecule has 1 saturated carbocycles. The Bertz CT molecular complexity index is 2060. The van der Waals surface area contributed by atoms with Gasteiger partial charge in [-0.1, -0.05) is 11.8 Å². The van der Waals surface area contributed by atoms with Crippen LogP contribution in [-0.2, 0) is 0 Å². The SMILES string of the molecule is C#CC(=C1C(=C(C#C)c2c(F)c(F)c(C#N)c(F)c2F)C1=C(C#N)c1c(F)c(F)c(C#N)c(F)c1F)c1c(F)c(F)c(C#N)c(F)c1F. The second kappa shape index (κ2) is 12.1. The topological polar surface area (TPSA) is 95.2 Å². The summed E-state index contributed by atoms with van der Waals surface area (Å²) in [5.74, 6) is -25.9. The molecule has 3 aromatic carbocycles. The van der Waals surface area contributed by atoms with Crippen molar-refractivity contribution >= 4 is 16.7 Å². The van der Waals surface area contributed by atoms with Gasteiger partial charge in [-0.2, -0.15) is 21.0 Å². The number of benzene rings is 3. The van der Waals surface area contributed by atoms with Crippen LogP contribution in [0.2, 0.25) is 0 Å². The van der Waals surface area contributed by atoms with Gasteiger partial charge in [0.1, 0.15) is 41.0 Å². The molecule has 0 bridgehead atoms. The number of rotatable bonds is 3. The van der Waals surface area contributed by atoms with Crippen LogP contribution < -0.4 is 0 Å². The van der Waals surface area contributed by atoms with Crippen molar-refractivity contribution in [3.63, 3.8) is 0 Å². The molecule has 0 radical (unpaired) electrons. The van der Waals surface area contributed by atoms with E-state index in [-0.39, 0.29) is 0 Å². The Hall–Kier alpha value is -6.88. The quantitative estimate of drug-likeness (QED) is 0.125. The molecule has 1 fully saturated rings. The standard InChI is InChI=1S/C32H2F12N4/c1-3-9(18-27(39)21(33)12(6-46)22(34)28(18)40)15-16(10(4-2)19-29(41)23(35)13(7-47)24(36)30(19)42)17(15)11(5-45)20-31(43)25(37)14(8-48)26(38)32(20)44/h1-2H. The smallest absolute Gasteiger partial charge is 0.180 e. The van der Waals surface area contributed by atoms with Crippen LogP contribution in [0.1, 0.15) is 33.4 Å². The van der Waals surface area contributed by atoms with Crippen molar-refractivity contribution in [2.75, 3.05) is 0 Å². The zero-order chi connectivity index (χ0) is 36.1. The maximum atomic E-state index is 15.1. The minimum Gasteiger partial charge on any atom is -0.203 e. The first-order chi connectivity index (χ1) is 22.6. The summed E-state index contributed by atoms with van der Waals surface area (Å²) in [6.07, 6.45) is 10.6. The number of hydrogen-bond acceptors (Lipinski definition) is 4. The molecule has 1 aliphatic carbocycles. The van der Waals surface area contributed by atoms with Gasteiger partial charge in [0.25, 0.3) is 0 Å². The Morgan fingerprint density at radius 3 is 0.750 bits per heavy atom. The van der Waals surface area contributed by atoms with E-state index in [1.807, 2.05) is 0 Å². The van der Waals surface area contributed by atoms with Gasteiger partial charge in [0.05, 0.1) is 22.3 Å². The van der Waals surface area contributed by atoms with Gasteiger partial charge in [-0.25, -0.2) is 52.7 Å². The van der Waals surface area contributed by atoms with Crippen LogP contribution in [0.15, 0.2) is 16.7 Å². The Morgan fingerprint density at radius 2 is 0.562 bits per heavy atom. The summed E-state index contributed by atoms with van der Waals surface area (Å²) in [7, 11) is 0. The second-order valence-electron chi connectivity index (χ2n) is 9.00. The third kappa shape index (κ3) is 4.60. The van der Waals surface area contributed by atoms with Gasteiger partial charge < -0.3 is 0 Å². The minimum absolute atomic E-state index is 0.799. The predicted molar refractivity (Wildman–Crippen MR) is 137 cm³/mol. The van der Waals surface area contributed by atoms with Crippen molar-refractivity contribution in [1.82, 2.24) is 0 Å².